The van der Waals surface area contributed by atoms with Crippen LogP contribution in [-0.2, 0) is 16.4 Å². The van der Waals surface area contributed by atoms with Gasteiger partial charge in [0, 0.05) is 43.6 Å². The first-order valence-electron chi connectivity index (χ1n) is 8.50. The summed E-state index contributed by atoms with van der Waals surface area (Å²) in [6.45, 7) is 0.460. The molecule has 1 saturated carbocycles. The fourth-order valence-electron chi connectivity index (χ4n) is 2.54. The highest BCUT2D eigenvalue weighted by Gasteiger charge is 2.34. The smallest absolute Gasteiger partial charge is 0.319 e. The first-order chi connectivity index (χ1) is 12.5. The molecule has 26 heavy (non-hydrogen) atoms. The summed E-state index contributed by atoms with van der Waals surface area (Å²) in [7, 11) is -1.86. The normalized spacial score (nSPS) is 14.2. The Labute approximate surface area is 153 Å². The van der Waals surface area contributed by atoms with E-state index in [9.17, 15) is 13.2 Å². The molecule has 1 heterocycles. The SMILES string of the molecule is CN(C1CC1)S(=O)(=O)c1ccc(NC(=O)NCCc2ccccn2)cc1. The highest BCUT2D eigenvalue weighted by molar-refractivity contribution is 7.89. The fourth-order valence-corrected chi connectivity index (χ4v) is 3.95. The number of amides is 2. The van der Waals surface area contributed by atoms with Crippen LogP contribution in [0.5, 0.6) is 0 Å². The molecule has 1 aromatic heterocycles. The lowest BCUT2D eigenvalue weighted by Crippen LogP contribution is -2.30. The van der Waals surface area contributed by atoms with Crippen LogP contribution in [0, 0.1) is 0 Å². The van der Waals surface area contributed by atoms with Crippen molar-refractivity contribution < 1.29 is 13.2 Å². The molecule has 0 aliphatic heterocycles. The summed E-state index contributed by atoms with van der Waals surface area (Å²) in [5.41, 5.74) is 1.44. The van der Waals surface area contributed by atoms with E-state index in [1.54, 1.807) is 25.4 Å². The predicted octanol–water partition coefficient (Wildman–Crippen LogP) is 2.23. The molecule has 1 aliphatic carbocycles. The Bertz CT molecular complexity index is 850. The van der Waals surface area contributed by atoms with Crippen molar-refractivity contribution >= 4 is 21.7 Å². The minimum atomic E-state index is -3.47. The van der Waals surface area contributed by atoms with Gasteiger partial charge >= 0.3 is 6.03 Å². The monoisotopic (exact) mass is 374 g/mol. The standard InChI is InChI=1S/C18H22N4O3S/c1-22(16-7-8-16)26(24,25)17-9-5-15(6-10-17)21-18(23)20-13-11-14-4-2-3-12-19-14/h2-6,9-10,12,16H,7-8,11,13H2,1H3,(H2,20,21,23). The van der Waals surface area contributed by atoms with Crippen molar-refractivity contribution in [3.63, 3.8) is 0 Å². The number of aromatic nitrogens is 1. The van der Waals surface area contributed by atoms with Gasteiger partial charge in [-0.1, -0.05) is 6.07 Å². The summed E-state index contributed by atoms with van der Waals surface area (Å²) in [4.78, 5) is 16.3. The molecule has 3 rings (SSSR count). The first-order valence-corrected chi connectivity index (χ1v) is 9.94. The number of carbonyl (C=O) groups excluding carboxylic acids is 1. The average molecular weight is 374 g/mol. The van der Waals surface area contributed by atoms with Crippen LogP contribution in [0.25, 0.3) is 0 Å². The molecule has 1 aliphatic rings. The number of benzene rings is 1. The van der Waals surface area contributed by atoms with E-state index in [0.29, 0.717) is 18.7 Å². The second-order valence-electron chi connectivity index (χ2n) is 6.23. The number of hydrogen-bond donors (Lipinski definition) is 2. The molecular weight excluding hydrogens is 352 g/mol. The highest BCUT2D eigenvalue weighted by atomic mass is 32.2. The number of nitrogens with zero attached hydrogens (tertiary/aromatic N) is 2. The van der Waals surface area contributed by atoms with Gasteiger partial charge in [0.2, 0.25) is 10.0 Å². The molecule has 0 spiro atoms. The van der Waals surface area contributed by atoms with Crippen LogP contribution in [-0.4, -0.2) is 43.4 Å². The summed E-state index contributed by atoms with van der Waals surface area (Å²) in [5.74, 6) is 0. The molecule has 0 radical (unpaired) electrons. The molecule has 138 valence electrons. The Morgan fingerprint density at radius 1 is 1.19 bits per heavy atom. The zero-order chi connectivity index (χ0) is 18.6. The van der Waals surface area contributed by atoms with Gasteiger partial charge in [0.1, 0.15) is 0 Å². The van der Waals surface area contributed by atoms with Crippen molar-refractivity contribution in [1.29, 1.82) is 0 Å². The summed E-state index contributed by atoms with van der Waals surface area (Å²) in [5, 5.41) is 5.44. The van der Waals surface area contributed by atoms with Crippen LogP contribution >= 0.6 is 0 Å². The lowest BCUT2D eigenvalue weighted by Gasteiger charge is -2.16. The van der Waals surface area contributed by atoms with Crippen molar-refractivity contribution in [3.8, 4) is 0 Å². The van der Waals surface area contributed by atoms with Crippen LogP contribution in [0.15, 0.2) is 53.6 Å². The average Bonchev–Trinajstić information content (AvgIpc) is 3.47. The molecule has 2 aromatic rings. The van der Waals surface area contributed by atoms with Crippen molar-refractivity contribution in [2.24, 2.45) is 0 Å². The Morgan fingerprint density at radius 2 is 1.92 bits per heavy atom. The molecule has 0 bridgehead atoms. The maximum Gasteiger partial charge on any atom is 0.319 e. The minimum Gasteiger partial charge on any atom is -0.337 e. The third kappa shape index (κ3) is 4.59. The van der Waals surface area contributed by atoms with Gasteiger partial charge in [-0.2, -0.15) is 4.31 Å². The van der Waals surface area contributed by atoms with Crippen LogP contribution in [0.4, 0.5) is 10.5 Å². The van der Waals surface area contributed by atoms with E-state index in [1.807, 2.05) is 18.2 Å². The predicted molar refractivity (Wildman–Crippen MR) is 99.4 cm³/mol. The van der Waals surface area contributed by atoms with E-state index in [1.165, 1.54) is 16.4 Å². The van der Waals surface area contributed by atoms with E-state index in [-0.39, 0.29) is 17.0 Å². The van der Waals surface area contributed by atoms with Crippen LogP contribution in [0.1, 0.15) is 18.5 Å². The van der Waals surface area contributed by atoms with Crippen LogP contribution in [0.3, 0.4) is 0 Å². The molecule has 1 fully saturated rings. The van der Waals surface area contributed by atoms with Gasteiger partial charge in [-0.25, -0.2) is 13.2 Å². The van der Waals surface area contributed by atoms with Gasteiger partial charge in [-0.3, -0.25) is 4.98 Å². The van der Waals surface area contributed by atoms with Crippen molar-refractivity contribution in [3.05, 3.63) is 54.4 Å². The number of hydrogen-bond acceptors (Lipinski definition) is 4. The van der Waals surface area contributed by atoms with Gasteiger partial charge in [0.05, 0.1) is 4.90 Å². The molecule has 0 saturated heterocycles. The number of carbonyl (C=O) groups is 1. The lowest BCUT2D eigenvalue weighted by atomic mass is 10.3. The molecular formula is C18H22N4O3S. The van der Waals surface area contributed by atoms with Gasteiger partial charge < -0.3 is 10.6 Å². The Kier molecular flexibility index (Phi) is 5.53. The Hall–Kier alpha value is -2.45. The molecule has 7 nitrogen and oxygen atoms in total. The summed E-state index contributed by atoms with van der Waals surface area (Å²) in [6, 6.07) is 11.6. The first kappa shape index (κ1) is 18.3. The van der Waals surface area contributed by atoms with E-state index in [2.05, 4.69) is 15.6 Å². The highest BCUT2D eigenvalue weighted by Crippen LogP contribution is 2.30. The second kappa shape index (κ2) is 7.84. The molecule has 2 N–H and O–H groups in total. The van der Waals surface area contributed by atoms with Crippen LogP contribution in [0.2, 0.25) is 0 Å². The van der Waals surface area contributed by atoms with E-state index < -0.39 is 10.0 Å². The Balaban J connectivity index is 1.51. The van der Waals surface area contributed by atoms with Gasteiger partial charge in [0.15, 0.2) is 0 Å². The molecule has 1 aromatic carbocycles. The van der Waals surface area contributed by atoms with Crippen LogP contribution < -0.4 is 10.6 Å². The fraction of sp³-hybridized carbons (Fsp3) is 0.333. The molecule has 0 atom stereocenters. The largest absolute Gasteiger partial charge is 0.337 e. The summed E-state index contributed by atoms with van der Waals surface area (Å²) in [6.07, 6.45) is 4.17. The van der Waals surface area contributed by atoms with Gasteiger partial charge in [0.25, 0.3) is 0 Å². The quantitative estimate of drug-likeness (QED) is 0.777. The lowest BCUT2D eigenvalue weighted by molar-refractivity contribution is 0.252. The minimum absolute atomic E-state index is 0.114. The van der Waals surface area contributed by atoms with Crippen molar-refractivity contribution in [2.45, 2.75) is 30.2 Å². The van der Waals surface area contributed by atoms with Gasteiger partial charge in [-0.15, -0.1) is 0 Å². The van der Waals surface area contributed by atoms with Gasteiger partial charge in [-0.05, 0) is 49.2 Å². The third-order valence-corrected chi connectivity index (χ3v) is 6.17. The van der Waals surface area contributed by atoms with E-state index in [4.69, 9.17) is 0 Å². The zero-order valence-corrected chi connectivity index (χ0v) is 15.4. The number of nitrogens with one attached hydrogen (secondary N) is 2. The summed E-state index contributed by atoms with van der Waals surface area (Å²) >= 11 is 0. The number of anilines is 1. The van der Waals surface area contributed by atoms with Crippen molar-refractivity contribution in [1.82, 2.24) is 14.6 Å². The zero-order valence-electron chi connectivity index (χ0n) is 14.6. The molecule has 0 unspecified atom stereocenters. The third-order valence-electron chi connectivity index (χ3n) is 4.24. The van der Waals surface area contributed by atoms with Crippen molar-refractivity contribution in [2.75, 3.05) is 18.9 Å². The number of rotatable bonds is 7. The Morgan fingerprint density at radius 3 is 2.54 bits per heavy atom. The van der Waals surface area contributed by atoms with E-state index >= 15 is 0 Å². The van der Waals surface area contributed by atoms with E-state index in [0.717, 1.165) is 18.5 Å². The topological polar surface area (TPSA) is 91.4 Å². The number of urea groups is 1. The summed E-state index contributed by atoms with van der Waals surface area (Å²) < 4.78 is 26.3. The maximum atomic E-state index is 12.4. The molecule has 8 heteroatoms. The number of pyridine rings is 1. The number of sulfonamides is 1. The maximum absolute atomic E-state index is 12.4. The molecule has 2 amide bonds. The second-order valence-corrected chi connectivity index (χ2v) is 8.23.